The van der Waals surface area contributed by atoms with Crippen LogP contribution in [0.3, 0.4) is 0 Å². The van der Waals surface area contributed by atoms with Crippen molar-refractivity contribution in [2.45, 2.75) is 29.5 Å². The van der Waals surface area contributed by atoms with Gasteiger partial charge in [0.1, 0.15) is 11.1 Å². The molecule has 0 saturated carbocycles. The van der Waals surface area contributed by atoms with Crippen LogP contribution in [0.15, 0.2) is 53.4 Å². The number of benzene rings is 2. The molecule has 1 amide bonds. The smallest absolute Gasteiger partial charge is 0.238 e. The van der Waals surface area contributed by atoms with Gasteiger partial charge in [0.05, 0.1) is 5.02 Å². The summed E-state index contributed by atoms with van der Waals surface area (Å²) >= 11 is 7.29. The van der Waals surface area contributed by atoms with Crippen molar-refractivity contribution in [2.24, 2.45) is 5.92 Å². The standard InChI is InChI=1S/C20H22ClFN2OS/c1-13-12-23-10-9-18(13)24-20(25)19(14-5-3-2-4-6-14)26-15-7-8-17(22)16(21)11-15/h2-8,11,13,18-19,23H,9-10,12H2,1H3,(H,24,25). The molecule has 138 valence electrons. The molecule has 1 aliphatic rings. The van der Waals surface area contributed by atoms with E-state index in [4.69, 9.17) is 11.6 Å². The van der Waals surface area contributed by atoms with Gasteiger partial charge in [-0.1, -0.05) is 48.9 Å². The molecule has 3 rings (SSSR count). The van der Waals surface area contributed by atoms with Crippen molar-refractivity contribution in [3.8, 4) is 0 Å². The Labute approximate surface area is 162 Å². The molecule has 0 aromatic heterocycles. The third-order valence-electron chi connectivity index (χ3n) is 4.60. The first-order valence-corrected chi connectivity index (χ1v) is 9.98. The molecule has 0 bridgehead atoms. The van der Waals surface area contributed by atoms with Crippen molar-refractivity contribution in [3.63, 3.8) is 0 Å². The lowest BCUT2D eigenvalue weighted by Crippen LogP contribution is -2.49. The number of amides is 1. The zero-order valence-corrected chi connectivity index (χ0v) is 16.1. The summed E-state index contributed by atoms with van der Waals surface area (Å²) < 4.78 is 13.4. The van der Waals surface area contributed by atoms with Crippen LogP contribution < -0.4 is 10.6 Å². The maximum Gasteiger partial charge on any atom is 0.238 e. The number of nitrogens with one attached hydrogen (secondary N) is 2. The minimum absolute atomic E-state index is 0.0274. The largest absolute Gasteiger partial charge is 0.352 e. The lowest BCUT2D eigenvalue weighted by atomic mass is 9.95. The summed E-state index contributed by atoms with van der Waals surface area (Å²) in [5, 5.41) is 6.20. The fourth-order valence-corrected chi connectivity index (χ4v) is 4.39. The predicted molar refractivity (Wildman–Crippen MR) is 105 cm³/mol. The van der Waals surface area contributed by atoms with E-state index in [9.17, 15) is 9.18 Å². The van der Waals surface area contributed by atoms with Gasteiger partial charge in [-0.05, 0) is 49.2 Å². The Morgan fingerprint density at radius 3 is 2.77 bits per heavy atom. The second-order valence-corrected chi connectivity index (χ2v) is 8.16. The van der Waals surface area contributed by atoms with Crippen molar-refractivity contribution >= 4 is 29.3 Å². The van der Waals surface area contributed by atoms with E-state index in [0.717, 1.165) is 30.0 Å². The van der Waals surface area contributed by atoms with Gasteiger partial charge in [-0.2, -0.15) is 0 Å². The van der Waals surface area contributed by atoms with Crippen molar-refractivity contribution in [3.05, 3.63) is 64.9 Å². The maximum atomic E-state index is 13.4. The van der Waals surface area contributed by atoms with E-state index in [0.29, 0.717) is 5.92 Å². The monoisotopic (exact) mass is 392 g/mol. The van der Waals surface area contributed by atoms with E-state index < -0.39 is 11.1 Å². The van der Waals surface area contributed by atoms with Crippen molar-refractivity contribution in [1.82, 2.24) is 10.6 Å². The highest BCUT2D eigenvalue weighted by molar-refractivity contribution is 8.00. The topological polar surface area (TPSA) is 41.1 Å². The molecule has 1 aliphatic heterocycles. The van der Waals surface area contributed by atoms with Crippen LogP contribution in [-0.4, -0.2) is 25.0 Å². The highest BCUT2D eigenvalue weighted by atomic mass is 35.5. The zero-order chi connectivity index (χ0) is 18.5. The van der Waals surface area contributed by atoms with Gasteiger partial charge in [-0.3, -0.25) is 4.79 Å². The quantitative estimate of drug-likeness (QED) is 0.740. The number of rotatable bonds is 5. The number of hydrogen-bond acceptors (Lipinski definition) is 3. The fourth-order valence-electron chi connectivity index (χ4n) is 3.07. The molecule has 2 aromatic carbocycles. The van der Waals surface area contributed by atoms with Gasteiger partial charge in [0.2, 0.25) is 5.91 Å². The summed E-state index contributed by atoms with van der Waals surface area (Å²) in [5.41, 5.74) is 0.914. The van der Waals surface area contributed by atoms with Gasteiger partial charge >= 0.3 is 0 Å². The molecule has 6 heteroatoms. The van der Waals surface area contributed by atoms with Gasteiger partial charge in [-0.15, -0.1) is 11.8 Å². The summed E-state index contributed by atoms with van der Waals surface area (Å²) in [5.74, 6) is -0.102. The van der Waals surface area contributed by atoms with Crippen LogP contribution in [-0.2, 0) is 4.79 Å². The number of carbonyl (C=O) groups is 1. The summed E-state index contributed by atoms with van der Waals surface area (Å²) in [4.78, 5) is 13.8. The van der Waals surface area contributed by atoms with E-state index in [1.807, 2.05) is 30.3 Å². The molecule has 2 N–H and O–H groups in total. The van der Waals surface area contributed by atoms with Gasteiger partial charge in [0.25, 0.3) is 0 Å². The average molecular weight is 393 g/mol. The molecule has 0 radical (unpaired) electrons. The predicted octanol–water partition coefficient (Wildman–Crippen LogP) is 4.43. The number of halogens is 2. The second-order valence-electron chi connectivity index (χ2n) is 6.57. The Morgan fingerprint density at radius 1 is 1.31 bits per heavy atom. The molecule has 1 fully saturated rings. The first-order valence-electron chi connectivity index (χ1n) is 8.72. The van der Waals surface area contributed by atoms with E-state index in [1.54, 1.807) is 12.1 Å². The molecule has 1 saturated heterocycles. The molecule has 26 heavy (non-hydrogen) atoms. The minimum Gasteiger partial charge on any atom is -0.352 e. The molecule has 0 spiro atoms. The Hall–Kier alpha value is -1.56. The maximum absolute atomic E-state index is 13.4. The normalized spacial score (nSPS) is 21.2. The van der Waals surface area contributed by atoms with Crippen LogP contribution in [0.4, 0.5) is 4.39 Å². The van der Waals surface area contributed by atoms with Crippen LogP contribution in [0.2, 0.25) is 5.02 Å². The lowest BCUT2D eigenvalue weighted by molar-refractivity contribution is -0.121. The average Bonchev–Trinajstić information content (AvgIpc) is 2.65. The molecule has 2 aromatic rings. The van der Waals surface area contributed by atoms with Crippen LogP contribution in [0.5, 0.6) is 0 Å². The Bertz CT molecular complexity index is 759. The van der Waals surface area contributed by atoms with Gasteiger partial charge in [0.15, 0.2) is 0 Å². The Balaban J connectivity index is 1.81. The highest BCUT2D eigenvalue weighted by Crippen LogP contribution is 2.37. The molecular formula is C20H22ClFN2OS. The van der Waals surface area contributed by atoms with E-state index in [2.05, 4.69) is 17.6 Å². The number of thioether (sulfide) groups is 1. The van der Waals surface area contributed by atoms with Crippen LogP contribution >= 0.6 is 23.4 Å². The van der Waals surface area contributed by atoms with E-state index in [1.165, 1.54) is 17.8 Å². The van der Waals surface area contributed by atoms with Crippen LogP contribution in [0.25, 0.3) is 0 Å². The molecule has 3 unspecified atom stereocenters. The SMILES string of the molecule is CC1CNCCC1NC(=O)C(Sc1ccc(F)c(Cl)c1)c1ccccc1. The second kappa shape index (κ2) is 8.89. The first kappa shape index (κ1) is 19.2. The highest BCUT2D eigenvalue weighted by Gasteiger charge is 2.28. The fraction of sp³-hybridized carbons (Fsp3) is 0.350. The van der Waals surface area contributed by atoms with Gasteiger partial charge < -0.3 is 10.6 Å². The van der Waals surface area contributed by atoms with E-state index in [-0.39, 0.29) is 17.0 Å². The molecular weight excluding hydrogens is 371 g/mol. The molecule has 1 heterocycles. The van der Waals surface area contributed by atoms with Crippen LogP contribution in [0.1, 0.15) is 24.2 Å². The summed E-state index contributed by atoms with van der Waals surface area (Å²) in [6, 6.07) is 14.4. The van der Waals surface area contributed by atoms with E-state index >= 15 is 0 Å². The Morgan fingerprint density at radius 2 is 2.08 bits per heavy atom. The van der Waals surface area contributed by atoms with Gasteiger partial charge in [0, 0.05) is 10.9 Å². The zero-order valence-electron chi connectivity index (χ0n) is 14.5. The molecule has 0 aliphatic carbocycles. The van der Waals surface area contributed by atoms with Gasteiger partial charge in [-0.25, -0.2) is 4.39 Å². The summed E-state index contributed by atoms with van der Waals surface area (Å²) in [6.45, 7) is 3.95. The first-order chi connectivity index (χ1) is 12.5. The number of piperidine rings is 1. The third kappa shape index (κ3) is 4.78. The Kier molecular flexibility index (Phi) is 6.57. The lowest BCUT2D eigenvalue weighted by Gasteiger charge is -2.31. The minimum atomic E-state index is -0.458. The molecule has 3 atom stereocenters. The third-order valence-corrected chi connectivity index (χ3v) is 6.14. The van der Waals surface area contributed by atoms with Crippen molar-refractivity contribution < 1.29 is 9.18 Å². The van der Waals surface area contributed by atoms with Crippen LogP contribution in [0, 0.1) is 11.7 Å². The summed E-state index contributed by atoms with van der Waals surface area (Å²) in [7, 11) is 0. The number of hydrogen-bond donors (Lipinski definition) is 2. The molecule has 3 nitrogen and oxygen atoms in total. The summed E-state index contributed by atoms with van der Waals surface area (Å²) in [6.07, 6.45) is 0.918. The number of carbonyl (C=O) groups excluding carboxylic acids is 1. The van der Waals surface area contributed by atoms with Crippen molar-refractivity contribution in [2.75, 3.05) is 13.1 Å². The van der Waals surface area contributed by atoms with Crippen molar-refractivity contribution in [1.29, 1.82) is 0 Å².